The second-order valence-electron chi connectivity index (χ2n) is 3.79. The summed E-state index contributed by atoms with van der Waals surface area (Å²) in [5.41, 5.74) is 2.64. The highest BCUT2D eigenvalue weighted by molar-refractivity contribution is 5.98. The third-order valence-electron chi connectivity index (χ3n) is 2.19. The van der Waals surface area contributed by atoms with Gasteiger partial charge in [-0.05, 0) is 24.6 Å². The quantitative estimate of drug-likeness (QED) is 0.622. The van der Waals surface area contributed by atoms with Crippen LogP contribution in [-0.2, 0) is 9.63 Å². The van der Waals surface area contributed by atoms with Gasteiger partial charge in [-0.25, -0.2) is 4.79 Å². The molecule has 0 bridgehead atoms. The van der Waals surface area contributed by atoms with Crippen molar-refractivity contribution in [2.45, 2.75) is 6.92 Å². The fourth-order valence-corrected chi connectivity index (χ4v) is 1.24. The second-order valence-corrected chi connectivity index (χ2v) is 3.79. The Balaban J connectivity index is 2.69. The van der Waals surface area contributed by atoms with Crippen LogP contribution in [0.3, 0.4) is 0 Å². The Bertz CT molecular complexity index is 410. The number of carboxylic acids is 1. The lowest BCUT2D eigenvalue weighted by molar-refractivity contribution is -0.142. The standard InChI is InChI=1S/C12H16N2O3/c1-9(13-17-8-12(15)16)10-4-6-11(7-5-10)14(2)3/h4-7H,8H2,1-3H3,(H,15,16)/b13-9+. The van der Waals surface area contributed by atoms with E-state index in [-0.39, 0.29) is 0 Å². The van der Waals surface area contributed by atoms with Crippen LogP contribution in [0.25, 0.3) is 0 Å². The van der Waals surface area contributed by atoms with Crippen molar-refractivity contribution in [1.29, 1.82) is 0 Å². The van der Waals surface area contributed by atoms with E-state index < -0.39 is 12.6 Å². The Morgan fingerprint density at radius 2 is 1.94 bits per heavy atom. The van der Waals surface area contributed by atoms with Crippen LogP contribution in [0.15, 0.2) is 29.4 Å². The van der Waals surface area contributed by atoms with Crippen LogP contribution in [-0.4, -0.2) is 37.5 Å². The average molecular weight is 236 g/mol. The lowest BCUT2D eigenvalue weighted by Gasteiger charge is -2.12. The smallest absolute Gasteiger partial charge is 0.344 e. The van der Waals surface area contributed by atoms with Gasteiger partial charge in [0.05, 0.1) is 5.71 Å². The Morgan fingerprint density at radius 3 is 2.41 bits per heavy atom. The lowest BCUT2D eigenvalue weighted by Crippen LogP contribution is -2.09. The number of aliphatic carboxylic acids is 1. The first kappa shape index (κ1) is 13.0. The van der Waals surface area contributed by atoms with Gasteiger partial charge in [0.1, 0.15) is 0 Å². The van der Waals surface area contributed by atoms with Crippen LogP contribution in [0, 0.1) is 0 Å². The zero-order chi connectivity index (χ0) is 12.8. The molecule has 5 heteroatoms. The fourth-order valence-electron chi connectivity index (χ4n) is 1.24. The average Bonchev–Trinajstić information content (AvgIpc) is 2.28. The highest BCUT2D eigenvalue weighted by Crippen LogP contribution is 2.12. The van der Waals surface area contributed by atoms with Gasteiger partial charge >= 0.3 is 5.97 Å². The molecule has 0 spiro atoms. The number of benzene rings is 1. The van der Waals surface area contributed by atoms with Crippen molar-refractivity contribution in [3.05, 3.63) is 29.8 Å². The summed E-state index contributed by atoms with van der Waals surface area (Å²) >= 11 is 0. The predicted octanol–water partition coefficient (Wildman–Crippen LogP) is 1.58. The Kier molecular flexibility index (Phi) is 4.51. The molecule has 92 valence electrons. The zero-order valence-corrected chi connectivity index (χ0v) is 10.2. The molecule has 0 amide bonds. The molecule has 0 aliphatic heterocycles. The van der Waals surface area contributed by atoms with Crippen molar-refractivity contribution < 1.29 is 14.7 Å². The maximum atomic E-state index is 10.2. The fraction of sp³-hybridized carbons (Fsp3) is 0.333. The number of anilines is 1. The van der Waals surface area contributed by atoms with Crippen LogP contribution < -0.4 is 4.90 Å². The SMILES string of the molecule is C/C(=N\OCC(=O)O)c1ccc(N(C)C)cc1. The lowest BCUT2D eigenvalue weighted by atomic mass is 10.1. The number of rotatable bonds is 5. The highest BCUT2D eigenvalue weighted by atomic mass is 16.6. The van der Waals surface area contributed by atoms with Crippen molar-refractivity contribution in [2.75, 3.05) is 25.6 Å². The van der Waals surface area contributed by atoms with E-state index in [0.717, 1.165) is 11.3 Å². The molecule has 1 N–H and O–H groups in total. The number of carboxylic acid groups (broad SMARTS) is 1. The van der Waals surface area contributed by atoms with Crippen molar-refractivity contribution in [2.24, 2.45) is 5.16 Å². The minimum absolute atomic E-state index is 0.423. The summed E-state index contributed by atoms with van der Waals surface area (Å²) in [7, 11) is 3.93. The predicted molar refractivity (Wildman–Crippen MR) is 66.6 cm³/mol. The molecule has 0 unspecified atom stereocenters. The number of oxime groups is 1. The van der Waals surface area contributed by atoms with Crippen LogP contribution in [0.2, 0.25) is 0 Å². The molecule has 17 heavy (non-hydrogen) atoms. The molecule has 0 aliphatic carbocycles. The van der Waals surface area contributed by atoms with Crippen molar-refractivity contribution in [1.82, 2.24) is 0 Å². The molecule has 0 saturated heterocycles. The van der Waals surface area contributed by atoms with Gasteiger partial charge < -0.3 is 14.8 Å². The van der Waals surface area contributed by atoms with Gasteiger partial charge in [-0.2, -0.15) is 0 Å². The molecule has 1 aromatic rings. The highest BCUT2D eigenvalue weighted by Gasteiger charge is 2.01. The molecule has 0 heterocycles. The summed E-state index contributed by atoms with van der Waals surface area (Å²) in [5.74, 6) is -1.04. The summed E-state index contributed by atoms with van der Waals surface area (Å²) in [5, 5.41) is 12.1. The summed E-state index contributed by atoms with van der Waals surface area (Å²) in [6.07, 6.45) is 0. The minimum Gasteiger partial charge on any atom is -0.479 e. The van der Waals surface area contributed by atoms with Gasteiger partial charge in [-0.3, -0.25) is 0 Å². The van der Waals surface area contributed by atoms with Crippen LogP contribution in [0.5, 0.6) is 0 Å². The number of nitrogens with zero attached hydrogens (tertiary/aromatic N) is 2. The van der Waals surface area contributed by atoms with Gasteiger partial charge in [0.2, 0.25) is 6.61 Å². The van der Waals surface area contributed by atoms with Crippen LogP contribution in [0.1, 0.15) is 12.5 Å². The van der Waals surface area contributed by atoms with E-state index in [9.17, 15) is 4.79 Å². The van der Waals surface area contributed by atoms with Gasteiger partial charge in [0.25, 0.3) is 0 Å². The van der Waals surface area contributed by atoms with Crippen LogP contribution >= 0.6 is 0 Å². The third-order valence-corrected chi connectivity index (χ3v) is 2.19. The topological polar surface area (TPSA) is 62.1 Å². The summed E-state index contributed by atoms with van der Waals surface area (Å²) in [4.78, 5) is 16.9. The molecule has 1 aromatic carbocycles. The second kappa shape index (κ2) is 5.89. The molecule has 1 rings (SSSR count). The molecule has 5 nitrogen and oxygen atoms in total. The molecular weight excluding hydrogens is 220 g/mol. The van der Waals surface area contributed by atoms with Crippen LogP contribution in [0.4, 0.5) is 5.69 Å². The zero-order valence-electron chi connectivity index (χ0n) is 10.2. The first-order chi connectivity index (χ1) is 8.00. The first-order valence-electron chi connectivity index (χ1n) is 5.17. The molecule has 0 aromatic heterocycles. The van der Waals surface area contributed by atoms with E-state index in [0.29, 0.717) is 5.71 Å². The first-order valence-corrected chi connectivity index (χ1v) is 5.17. The molecular formula is C12H16N2O3. The van der Waals surface area contributed by atoms with Gasteiger partial charge in [0, 0.05) is 19.8 Å². The third kappa shape index (κ3) is 4.14. The van der Waals surface area contributed by atoms with Crippen molar-refractivity contribution in [3.63, 3.8) is 0 Å². The Labute approximate surface area is 100 Å². The minimum atomic E-state index is -1.04. The Morgan fingerprint density at radius 1 is 1.35 bits per heavy atom. The van der Waals surface area contributed by atoms with E-state index in [2.05, 4.69) is 9.99 Å². The molecule has 0 saturated carbocycles. The monoisotopic (exact) mass is 236 g/mol. The largest absolute Gasteiger partial charge is 0.479 e. The normalized spacial score (nSPS) is 11.1. The summed E-state index contributed by atoms with van der Waals surface area (Å²) in [6, 6.07) is 7.76. The van der Waals surface area contributed by atoms with Gasteiger partial charge in [0.15, 0.2) is 0 Å². The maximum Gasteiger partial charge on any atom is 0.344 e. The molecule has 0 aliphatic rings. The van der Waals surface area contributed by atoms with Crippen molar-refractivity contribution in [3.8, 4) is 0 Å². The van der Waals surface area contributed by atoms with E-state index in [1.165, 1.54) is 0 Å². The van der Waals surface area contributed by atoms with Gasteiger partial charge in [-0.15, -0.1) is 0 Å². The number of hydrogen-bond donors (Lipinski definition) is 1. The maximum absolute atomic E-state index is 10.2. The number of hydrogen-bond acceptors (Lipinski definition) is 4. The number of carbonyl (C=O) groups is 1. The van der Waals surface area contributed by atoms with E-state index in [1.807, 2.05) is 43.3 Å². The van der Waals surface area contributed by atoms with E-state index in [1.54, 1.807) is 6.92 Å². The Hall–Kier alpha value is -2.04. The van der Waals surface area contributed by atoms with E-state index in [4.69, 9.17) is 5.11 Å². The molecule has 0 radical (unpaired) electrons. The van der Waals surface area contributed by atoms with E-state index >= 15 is 0 Å². The van der Waals surface area contributed by atoms with Gasteiger partial charge in [-0.1, -0.05) is 17.3 Å². The molecule has 0 fully saturated rings. The van der Waals surface area contributed by atoms with Crippen molar-refractivity contribution >= 4 is 17.4 Å². The summed E-state index contributed by atoms with van der Waals surface area (Å²) < 4.78 is 0. The molecule has 0 atom stereocenters. The summed E-state index contributed by atoms with van der Waals surface area (Å²) in [6.45, 7) is 1.35.